The summed E-state index contributed by atoms with van der Waals surface area (Å²) in [5, 5.41) is 4.34. The van der Waals surface area contributed by atoms with Gasteiger partial charge in [-0.25, -0.2) is 4.98 Å². The molecular formula is C10H20N4. The van der Waals surface area contributed by atoms with Gasteiger partial charge in [0.25, 0.3) is 0 Å². The largest absolute Gasteiger partial charge is 0.328 e. The highest BCUT2D eigenvalue weighted by Crippen LogP contribution is 2.03. The van der Waals surface area contributed by atoms with Crippen molar-refractivity contribution in [3.8, 4) is 0 Å². The molecule has 1 heterocycles. The van der Waals surface area contributed by atoms with Gasteiger partial charge in [0.15, 0.2) is 5.82 Å². The van der Waals surface area contributed by atoms with E-state index in [2.05, 4.69) is 17.0 Å². The van der Waals surface area contributed by atoms with E-state index in [0.29, 0.717) is 0 Å². The fourth-order valence-electron chi connectivity index (χ4n) is 1.38. The lowest BCUT2D eigenvalue weighted by atomic mass is 10.2. The minimum atomic E-state index is 0.237. The van der Waals surface area contributed by atoms with E-state index in [4.69, 9.17) is 5.73 Å². The van der Waals surface area contributed by atoms with Crippen LogP contribution < -0.4 is 5.73 Å². The van der Waals surface area contributed by atoms with Crippen molar-refractivity contribution < 1.29 is 0 Å². The number of hydrogen-bond donors (Lipinski definition) is 1. The van der Waals surface area contributed by atoms with Crippen LogP contribution in [0.4, 0.5) is 0 Å². The van der Waals surface area contributed by atoms with E-state index in [9.17, 15) is 0 Å². The van der Waals surface area contributed by atoms with E-state index in [-0.39, 0.29) is 6.04 Å². The van der Waals surface area contributed by atoms with Gasteiger partial charge in [0.1, 0.15) is 5.82 Å². The first kappa shape index (κ1) is 11.2. The number of aromatic nitrogens is 3. The average Bonchev–Trinajstić information content (AvgIpc) is 2.44. The minimum Gasteiger partial charge on any atom is -0.328 e. The van der Waals surface area contributed by atoms with Crippen LogP contribution in [0, 0.1) is 0 Å². The predicted molar refractivity (Wildman–Crippen MR) is 57.0 cm³/mol. The average molecular weight is 196 g/mol. The van der Waals surface area contributed by atoms with Crippen molar-refractivity contribution in [2.24, 2.45) is 12.8 Å². The lowest BCUT2D eigenvalue weighted by Crippen LogP contribution is -2.16. The zero-order chi connectivity index (χ0) is 10.6. The van der Waals surface area contributed by atoms with Crippen molar-refractivity contribution in [1.82, 2.24) is 14.8 Å². The van der Waals surface area contributed by atoms with E-state index < -0.39 is 0 Å². The zero-order valence-electron chi connectivity index (χ0n) is 9.32. The predicted octanol–water partition coefficient (Wildman–Crippen LogP) is 1.05. The molecule has 14 heavy (non-hydrogen) atoms. The molecule has 1 rings (SSSR count). The van der Waals surface area contributed by atoms with Crippen LogP contribution >= 0.6 is 0 Å². The summed E-state index contributed by atoms with van der Waals surface area (Å²) in [6.07, 6.45) is 3.95. The first-order chi connectivity index (χ1) is 6.63. The van der Waals surface area contributed by atoms with Crippen LogP contribution in [0.3, 0.4) is 0 Å². The second kappa shape index (κ2) is 5.10. The molecule has 4 nitrogen and oxygen atoms in total. The second-order valence-corrected chi connectivity index (χ2v) is 3.83. The van der Waals surface area contributed by atoms with E-state index in [1.807, 2.05) is 18.7 Å². The Morgan fingerprint density at radius 1 is 1.43 bits per heavy atom. The molecule has 0 saturated heterocycles. The Labute approximate surface area is 85.5 Å². The molecule has 0 radical (unpaired) electrons. The highest BCUT2D eigenvalue weighted by Gasteiger charge is 2.06. The van der Waals surface area contributed by atoms with Crippen LogP contribution in [0.1, 0.15) is 38.3 Å². The highest BCUT2D eigenvalue weighted by molar-refractivity contribution is 4.93. The molecule has 0 saturated carbocycles. The third kappa shape index (κ3) is 3.10. The number of rotatable bonds is 5. The minimum absolute atomic E-state index is 0.237. The molecule has 2 N–H and O–H groups in total. The van der Waals surface area contributed by atoms with E-state index in [0.717, 1.165) is 37.3 Å². The van der Waals surface area contributed by atoms with Gasteiger partial charge in [-0.3, -0.25) is 4.68 Å². The fraction of sp³-hybridized carbons (Fsp3) is 0.800. The third-order valence-electron chi connectivity index (χ3n) is 2.19. The molecule has 0 amide bonds. The Morgan fingerprint density at radius 2 is 2.14 bits per heavy atom. The summed E-state index contributed by atoms with van der Waals surface area (Å²) in [4.78, 5) is 4.47. The van der Waals surface area contributed by atoms with Gasteiger partial charge in [-0.05, 0) is 19.8 Å². The molecule has 1 atom stereocenters. The summed E-state index contributed by atoms with van der Waals surface area (Å²) in [6.45, 7) is 4.15. The van der Waals surface area contributed by atoms with Crippen molar-refractivity contribution in [2.75, 3.05) is 0 Å². The van der Waals surface area contributed by atoms with Crippen molar-refractivity contribution >= 4 is 0 Å². The summed E-state index contributed by atoms with van der Waals surface area (Å²) >= 11 is 0. The molecular weight excluding hydrogens is 176 g/mol. The third-order valence-corrected chi connectivity index (χ3v) is 2.19. The Bertz CT molecular complexity index is 278. The summed E-state index contributed by atoms with van der Waals surface area (Å²) < 4.78 is 1.87. The summed E-state index contributed by atoms with van der Waals surface area (Å²) in [7, 11) is 1.95. The SMILES string of the molecule is CCCc1nc(CCC(C)N)n(C)n1. The fourth-order valence-corrected chi connectivity index (χ4v) is 1.38. The molecule has 0 aliphatic rings. The Hall–Kier alpha value is -0.900. The van der Waals surface area contributed by atoms with Gasteiger partial charge < -0.3 is 5.73 Å². The van der Waals surface area contributed by atoms with E-state index in [1.54, 1.807) is 0 Å². The molecule has 0 fully saturated rings. The maximum atomic E-state index is 5.70. The lowest BCUT2D eigenvalue weighted by molar-refractivity contribution is 0.614. The first-order valence-corrected chi connectivity index (χ1v) is 5.27. The van der Waals surface area contributed by atoms with Gasteiger partial charge in [-0.1, -0.05) is 6.92 Å². The summed E-state index contributed by atoms with van der Waals surface area (Å²) in [5.74, 6) is 2.00. The standard InChI is InChI=1S/C10H20N4/c1-4-5-9-12-10(14(3)13-9)7-6-8(2)11/h8H,4-7,11H2,1-3H3. The van der Waals surface area contributed by atoms with Gasteiger partial charge in [0.05, 0.1) is 0 Å². The van der Waals surface area contributed by atoms with Gasteiger partial charge in [-0.15, -0.1) is 0 Å². The van der Waals surface area contributed by atoms with Crippen LogP contribution in [0.15, 0.2) is 0 Å². The van der Waals surface area contributed by atoms with E-state index >= 15 is 0 Å². The zero-order valence-corrected chi connectivity index (χ0v) is 9.32. The van der Waals surface area contributed by atoms with Crippen molar-refractivity contribution in [3.05, 3.63) is 11.6 Å². The van der Waals surface area contributed by atoms with Gasteiger partial charge in [0, 0.05) is 25.9 Å². The Balaban J connectivity index is 2.58. The number of aryl methyl sites for hydroxylation is 3. The second-order valence-electron chi connectivity index (χ2n) is 3.83. The topological polar surface area (TPSA) is 56.7 Å². The molecule has 1 unspecified atom stereocenters. The van der Waals surface area contributed by atoms with Crippen LogP contribution in [-0.4, -0.2) is 20.8 Å². The molecule has 80 valence electrons. The normalized spacial score (nSPS) is 13.1. The van der Waals surface area contributed by atoms with Gasteiger partial charge in [0.2, 0.25) is 0 Å². The molecule has 1 aromatic rings. The summed E-state index contributed by atoms with van der Waals surface area (Å²) in [5.41, 5.74) is 5.70. The van der Waals surface area contributed by atoms with Gasteiger partial charge >= 0.3 is 0 Å². The van der Waals surface area contributed by atoms with Crippen molar-refractivity contribution in [3.63, 3.8) is 0 Å². The van der Waals surface area contributed by atoms with Crippen molar-refractivity contribution in [1.29, 1.82) is 0 Å². The number of hydrogen-bond acceptors (Lipinski definition) is 3. The monoisotopic (exact) mass is 196 g/mol. The molecule has 0 aromatic carbocycles. The number of nitrogens with two attached hydrogens (primary N) is 1. The van der Waals surface area contributed by atoms with Crippen LogP contribution in [-0.2, 0) is 19.9 Å². The molecule has 0 spiro atoms. The van der Waals surface area contributed by atoms with Crippen molar-refractivity contribution in [2.45, 2.75) is 45.6 Å². The Kier molecular flexibility index (Phi) is 4.07. The highest BCUT2D eigenvalue weighted by atomic mass is 15.3. The van der Waals surface area contributed by atoms with Crippen LogP contribution in [0.2, 0.25) is 0 Å². The lowest BCUT2D eigenvalue weighted by Gasteiger charge is -2.02. The van der Waals surface area contributed by atoms with Crippen LogP contribution in [0.25, 0.3) is 0 Å². The summed E-state index contributed by atoms with van der Waals surface area (Å²) in [6, 6.07) is 0.237. The molecule has 1 aromatic heterocycles. The Morgan fingerprint density at radius 3 is 2.71 bits per heavy atom. The smallest absolute Gasteiger partial charge is 0.150 e. The molecule has 0 aliphatic heterocycles. The maximum Gasteiger partial charge on any atom is 0.150 e. The van der Waals surface area contributed by atoms with E-state index in [1.165, 1.54) is 0 Å². The molecule has 0 aliphatic carbocycles. The van der Waals surface area contributed by atoms with Crippen LogP contribution in [0.5, 0.6) is 0 Å². The first-order valence-electron chi connectivity index (χ1n) is 5.27. The van der Waals surface area contributed by atoms with Gasteiger partial charge in [-0.2, -0.15) is 5.10 Å². The molecule has 4 heteroatoms. The maximum absolute atomic E-state index is 5.70. The molecule has 0 bridgehead atoms. The number of nitrogens with zero attached hydrogens (tertiary/aromatic N) is 3. The quantitative estimate of drug-likeness (QED) is 0.765.